The number of aliphatic hydroxyl groups is 1. The molecule has 0 saturated carbocycles. The minimum absolute atomic E-state index is 0. The number of hydrogen-bond acceptors (Lipinski definition) is 5. The van der Waals surface area contributed by atoms with E-state index < -0.39 is 5.60 Å². The average molecular weight is 390 g/mol. The molecule has 1 fully saturated rings. The van der Waals surface area contributed by atoms with Gasteiger partial charge in [-0.3, -0.25) is 4.79 Å². The standard InChI is InChI=1S/C16H23N5O2.2ClH/c1-11(2)7-21-10-20-13-5-12(6-18-14(13)21)15(22)19-9-16(23)3-4-17-8-16;;/h5-6,10-11,17,23H,3-4,7-9H2,1-2H3,(H,19,22);2*1H. The third-order valence-electron chi connectivity index (χ3n) is 4.08. The normalized spacial score (nSPS) is 19.5. The number of hydrogen-bond donors (Lipinski definition) is 3. The smallest absolute Gasteiger partial charge is 0.253 e. The zero-order valence-electron chi connectivity index (χ0n) is 14.4. The predicted molar refractivity (Wildman–Crippen MR) is 102 cm³/mol. The fourth-order valence-electron chi connectivity index (χ4n) is 2.83. The van der Waals surface area contributed by atoms with Gasteiger partial charge in [-0.1, -0.05) is 13.8 Å². The first-order valence-corrected chi connectivity index (χ1v) is 7.99. The topological polar surface area (TPSA) is 92.1 Å². The highest BCUT2D eigenvalue weighted by atomic mass is 35.5. The summed E-state index contributed by atoms with van der Waals surface area (Å²) < 4.78 is 1.99. The van der Waals surface area contributed by atoms with E-state index in [4.69, 9.17) is 0 Å². The lowest BCUT2D eigenvalue weighted by molar-refractivity contribution is 0.0562. The third-order valence-corrected chi connectivity index (χ3v) is 4.08. The lowest BCUT2D eigenvalue weighted by Crippen LogP contribution is -2.44. The van der Waals surface area contributed by atoms with Gasteiger partial charge in [0.2, 0.25) is 0 Å². The molecule has 140 valence electrons. The van der Waals surface area contributed by atoms with Gasteiger partial charge in [-0.15, -0.1) is 24.8 Å². The van der Waals surface area contributed by atoms with Crippen LogP contribution in [0.4, 0.5) is 0 Å². The summed E-state index contributed by atoms with van der Waals surface area (Å²) in [4.78, 5) is 21.0. The van der Waals surface area contributed by atoms with E-state index in [2.05, 4.69) is 34.4 Å². The highest BCUT2D eigenvalue weighted by Crippen LogP contribution is 2.15. The van der Waals surface area contributed by atoms with Crippen molar-refractivity contribution in [1.29, 1.82) is 0 Å². The molecule has 1 amide bonds. The van der Waals surface area contributed by atoms with Gasteiger partial charge >= 0.3 is 0 Å². The Balaban J connectivity index is 0.00000156. The average Bonchev–Trinajstić information content (AvgIpc) is 3.11. The monoisotopic (exact) mass is 389 g/mol. The van der Waals surface area contributed by atoms with Gasteiger partial charge in [0.25, 0.3) is 5.91 Å². The summed E-state index contributed by atoms with van der Waals surface area (Å²) in [6.45, 7) is 6.62. The van der Waals surface area contributed by atoms with Crippen molar-refractivity contribution in [2.45, 2.75) is 32.4 Å². The molecule has 0 bridgehead atoms. The molecule has 3 N–H and O–H groups in total. The van der Waals surface area contributed by atoms with E-state index in [1.165, 1.54) is 0 Å². The lowest BCUT2D eigenvalue weighted by Gasteiger charge is -2.21. The van der Waals surface area contributed by atoms with Crippen LogP contribution in [0, 0.1) is 5.92 Å². The van der Waals surface area contributed by atoms with E-state index >= 15 is 0 Å². The summed E-state index contributed by atoms with van der Waals surface area (Å²) in [6, 6.07) is 1.74. The summed E-state index contributed by atoms with van der Waals surface area (Å²) in [6.07, 6.45) is 3.96. The first-order valence-electron chi connectivity index (χ1n) is 7.99. The number of β-amino-alcohol motifs (C(OH)–C–C–N with tert-alkyl or cyclic N) is 1. The Kier molecular flexibility index (Phi) is 7.62. The van der Waals surface area contributed by atoms with Crippen LogP contribution in [0.25, 0.3) is 11.2 Å². The highest BCUT2D eigenvalue weighted by Gasteiger charge is 2.31. The molecular formula is C16H25Cl2N5O2. The van der Waals surface area contributed by atoms with Gasteiger partial charge in [-0.25, -0.2) is 9.97 Å². The number of rotatable bonds is 5. The second kappa shape index (κ2) is 8.80. The van der Waals surface area contributed by atoms with Crippen LogP contribution in [-0.2, 0) is 6.54 Å². The summed E-state index contributed by atoms with van der Waals surface area (Å²) >= 11 is 0. The first kappa shape index (κ1) is 21.6. The number of aromatic nitrogens is 3. The number of amides is 1. The molecule has 3 rings (SSSR count). The van der Waals surface area contributed by atoms with Gasteiger partial charge in [0.15, 0.2) is 5.65 Å². The van der Waals surface area contributed by atoms with Crippen molar-refractivity contribution in [2.75, 3.05) is 19.6 Å². The van der Waals surface area contributed by atoms with Crippen molar-refractivity contribution in [3.63, 3.8) is 0 Å². The van der Waals surface area contributed by atoms with Crippen LogP contribution in [-0.4, -0.2) is 50.8 Å². The van der Waals surface area contributed by atoms with Crippen molar-refractivity contribution < 1.29 is 9.90 Å². The molecular weight excluding hydrogens is 365 g/mol. The lowest BCUT2D eigenvalue weighted by atomic mass is 10.0. The van der Waals surface area contributed by atoms with Crippen LogP contribution in [0.3, 0.4) is 0 Å². The summed E-state index contributed by atoms with van der Waals surface area (Å²) in [7, 11) is 0. The summed E-state index contributed by atoms with van der Waals surface area (Å²) in [5, 5.41) is 16.1. The predicted octanol–water partition coefficient (Wildman–Crippen LogP) is 1.39. The van der Waals surface area contributed by atoms with E-state index in [0.717, 1.165) is 18.7 Å². The Morgan fingerprint density at radius 1 is 1.44 bits per heavy atom. The molecule has 0 aromatic carbocycles. The van der Waals surface area contributed by atoms with Crippen molar-refractivity contribution in [3.8, 4) is 0 Å². The van der Waals surface area contributed by atoms with Crippen molar-refractivity contribution in [3.05, 3.63) is 24.2 Å². The minimum atomic E-state index is -0.855. The highest BCUT2D eigenvalue weighted by molar-refractivity contribution is 5.96. The van der Waals surface area contributed by atoms with Gasteiger partial charge in [0.05, 0.1) is 17.5 Å². The second-order valence-corrected chi connectivity index (χ2v) is 6.69. The van der Waals surface area contributed by atoms with E-state index in [0.29, 0.717) is 30.0 Å². The molecule has 9 heteroatoms. The summed E-state index contributed by atoms with van der Waals surface area (Å²) in [5.41, 5.74) is 1.10. The molecule has 0 aliphatic carbocycles. The Bertz CT molecular complexity index is 714. The largest absolute Gasteiger partial charge is 0.387 e. The molecule has 1 unspecified atom stereocenters. The molecule has 0 spiro atoms. The number of carbonyl (C=O) groups is 1. The number of nitrogens with zero attached hydrogens (tertiary/aromatic N) is 3. The van der Waals surface area contributed by atoms with Crippen LogP contribution >= 0.6 is 24.8 Å². The molecule has 0 radical (unpaired) electrons. The van der Waals surface area contributed by atoms with Gasteiger partial charge < -0.3 is 20.3 Å². The fourth-order valence-corrected chi connectivity index (χ4v) is 2.83. The maximum Gasteiger partial charge on any atom is 0.253 e. The van der Waals surface area contributed by atoms with Gasteiger partial charge in [-0.2, -0.15) is 0 Å². The first-order chi connectivity index (χ1) is 11.0. The molecule has 1 saturated heterocycles. The number of halogens is 2. The number of fused-ring (bicyclic) bond motifs is 1. The Labute approximate surface area is 159 Å². The molecule has 1 atom stereocenters. The van der Waals surface area contributed by atoms with Crippen LogP contribution in [0.5, 0.6) is 0 Å². The number of nitrogens with one attached hydrogen (secondary N) is 2. The molecule has 1 aliphatic rings. The van der Waals surface area contributed by atoms with Crippen molar-refractivity contribution >= 4 is 41.9 Å². The Hall–Kier alpha value is -1.41. The molecule has 2 aromatic rings. The van der Waals surface area contributed by atoms with E-state index in [1.54, 1.807) is 18.6 Å². The number of imidazole rings is 1. The zero-order chi connectivity index (χ0) is 16.4. The third kappa shape index (κ3) is 5.04. The number of carbonyl (C=O) groups excluding carboxylic acids is 1. The Morgan fingerprint density at radius 3 is 2.84 bits per heavy atom. The molecule has 25 heavy (non-hydrogen) atoms. The van der Waals surface area contributed by atoms with Crippen LogP contribution in [0.1, 0.15) is 30.6 Å². The SMILES string of the molecule is CC(C)Cn1cnc2cc(C(=O)NCC3(O)CCNC3)cnc21.Cl.Cl. The molecule has 1 aliphatic heterocycles. The zero-order valence-corrected chi connectivity index (χ0v) is 16.0. The fraction of sp³-hybridized carbons (Fsp3) is 0.562. The quantitative estimate of drug-likeness (QED) is 0.718. The van der Waals surface area contributed by atoms with Crippen LogP contribution in [0.15, 0.2) is 18.6 Å². The molecule has 7 nitrogen and oxygen atoms in total. The maximum atomic E-state index is 12.3. The van der Waals surface area contributed by atoms with Crippen LogP contribution < -0.4 is 10.6 Å². The Morgan fingerprint density at radius 2 is 2.20 bits per heavy atom. The van der Waals surface area contributed by atoms with Crippen molar-refractivity contribution in [1.82, 2.24) is 25.2 Å². The molecule has 3 heterocycles. The van der Waals surface area contributed by atoms with Gasteiger partial charge in [-0.05, 0) is 24.9 Å². The second-order valence-electron chi connectivity index (χ2n) is 6.69. The van der Waals surface area contributed by atoms with Crippen molar-refractivity contribution in [2.24, 2.45) is 5.92 Å². The molecule has 2 aromatic heterocycles. The summed E-state index contributed by atoms with van der Waals surface area (Å²) in [5.74, 6) is 0.260. The van der Waals surface area contributed by atoms with Gasteiger partial charge in [0.1, 0.15) is 5.52 Å². The maximum absolute atomic E-state index is 12.3. The number of pyridine rings is 1. The van der Waals surface area contributed by atoms with E-state index in [-0.39, 0.29) is 37.3 Å². The van der Waals surface area contributed by atoms with E-state index in [9.17, 15) is 9.90 Å². The van der Waals surface area contributed by atoms with Crippen LogP contribution in [0.2, 0.25) is 0 Å². The van der Waals surface area contributed by atoms with Gasteiger partial charge in [0, 0.05) is 25.8 Å². The minimum Gasteiger partial charge on any atom is -0.387 e. The van der Waals surface area contributed by atoms with E-state index in [1.807, 2.05) is 4.57 Å².